The average Bonchev–Trinajstić information content (AvgIpc) is 2.34. The minimum absolute atomic E-state index is 0.0323. The van der Waals surface area contributed by atoms with Gasteiger partial charge in [-0.2, -0.15) is 0 Å². The van der Waals surface area contributed by atoms with Crippen LogP contribution < -0.4 is 10.1 Å². The summed E-state index contributed by atoms with van der Waals surface area (Å²) >= 11 is 0. The van der Waals surface area contributed by atoms with Gasteiger partial charge in [-0.3, -0.25) is 0 Å². The SMILES string of the molecule is COc1cccc(CNC(CO)CCO)c1. The lowest BCUT2D eigenvalue weighted by molar-refractivity contribution is 0.200. The first-order valence-electron chi connectivity index (χ1n) is 5.38. The van der Waals surface area contributed by atoms with Gasteiger partial charge < -0.3 is 20.3 Å². The molecule has 0 radical (unpaired) electrons. The smallest absolute Gasteiger partial charge is 0.119 e. The Morgan fingerprint density at radius 1 is 1.38 bits per heavy atom. The second-order valence-corrected chi connectivity index (χ2v) is 3.62. The van der Waals surface area contributed by atoms with E-state index < -0.39 is 0 Å². The highest BCUT2D eigenvalue weighted by atomic mass is 16.5. The highest BCUT2D eigenvalue weighted by molar-refractivity contribution is 5.28. The lowest BCUT2D eigenvalue weighted by Crippen LogP contribution is -2.32. The fraction of sp³-hybridized carbons (Fsp3) is 0.500. The number of ether oxygens (including phenoxy) is 1. The number of aliphatic hydroxyl groups is 2. The zero-order valence-electron chi connectivity index (χ0n) is 9.52. The van der Waals surface area contributed by atoms with E-state index in [2.05, 4.69) is 5.32 Å². The van der Waals surface area contributed by atoms with Gasteiger partial charge in [0, 0.05) is 19.2 Å². The molecule has 4 heteroatoms. The van der Waals surface area contributed by atoms with Crippen LogP contribution in [0.3, 0.4) is 0 Å². The fourth-order valence-corrected chi connectivity index (χ4v) is 1.46. The standard InChI is InChI=1S/C12H19NO3/c1-16-12-4-2-3-10(7-12)8-13-11(9-15)5-6-14/h2-4,7,11,13-15H,5-6,8-9H2,1H3. The van der Waals surface area contributed by atoms with E-state index in [1.54, 1.807) is 7.11 Å². The third-order valence-electron chi connectivity index (χ3n) is 2.43. The summed E-state index contributed by atoms with van der Waals surface area (Å²) in [4.78, 5) is 0. The summed E-state index contributed by atoms with van der Waals surface area (Å²) < 4.78 is 5.12. The van der Waals surface area contributed by atoms with E-state index in [4.69, 9.17) is 14.9 Å². The molecule has 1 unspecified atom stereocenters. The largest absolute Gasteiger partial charge is 0.497 e. The van der Waals surface area contributed by atoms with Crippen LogP contribution in [0.5, 0.6) is 5.75 Å². The van der Waals surface area contributed by atoms with Crippen molar-refractivity contribution >= 4 is 0 Å². The molecule has 0 aliphatic heterocycles. The van der Waals surface area contributed by atoms with Gasteiger partial charge in [-0.1, -0.05) is 12.1 Å². The van der Waals surface area contributed by atoms with Crippen LogP contribution in [0, 0.1) is 0 Å². The molecule has 0 saturated carbocycles. The van der Waals surface area contributed by atoms with E-state index >= 15 is 0 Å². The van der Waals surface area contributed by atoms with Crippen molar-refractivity contribution in [3.63, 3.8) is 0 Å². The monoisotopic (exact) mass is 225 g/mol. The summed E-state index contributed by atoms with van der Waals surface area (Å²) in [5, 5.41) is 21.0. The van der Waals surface area contributed by atoms with E-state index in [1.807, 2.05) is 24.3 Å². The molecule has 0 fully saturated rings. The van der Waals surface area contributed by atoms with E-state index in [0.717, 1.165) is 11.3 Å². The lowest BCUT2D eigenvalue weighted by Gasteiger charge is -2.15. The van der Waals surface area contributed by atoms with Gasteiger partial charge in [0.05, 0.1) is 13.7 Å². The Bertz CT molecular complexity index is 304. The van der Waals surface area contributed by atoms with Gasteiger partial charge >= 0.3 is 0 Å². The molecule has 90 valence electrons. The number of rotatable bonds is 7. The molecule has 1 atom stereocenters. The Kier molecular flexibility index (Phi) is 5.85. The third-order valence-corrected chi connectivity index (χ3v) is 2.43. The lowest BCUT2D eigenvalue weighted by atomic mass is 10.2. The number of hydrogen-bond acceptors (Lipinski definition) is 4. The molecule has 0 bridgehead atoms. The summed E-state index contributed by atoms with van der Waals surface area (Å²) in [5.41, 5.74) is 1.09. The molecule has 3 N–H and O–H groups in total. The Morgan fingerprint density at radius 3 is 2.81 bits per heavy atom. The summed E-state index contributed by atoms with van der Waals surface area (Å²) in [7, 11) is 1.63. The number of methoxy groups -OCH3 is 1. The molecule has 1 aromatic rings. The maximum absolute atomic E-state index is 9.04. The number of hydrogen-bond donors (Lipinski definition) is 3. The van der Waals surface area contributed by atoms with Crippen molar-refractivity contribution < 1.29 is 14.9 Å². The molecule has 0 aliphatic carbocycles. The van der Waals surface area contributed by atoms with Crippen molar-refractivity contribution in [3.8, 4) is 5.75 Å². The molecule has 0 saturated heterocycles. The predicted octanol–water partition coefficient (Wildman–Crippen LogP) is 0.528. The normalized spacial score (nSPS) is 12.4. The third kappa shape index (κ3) is 4.18. The second-order valence-electron chi connectivity index (χ2n) is 3.62. The number of benzene rings is 1. The summed E-state index contributed by atoms with van der Waals surface area (Å²) in [5.74, 6) is 0.821. The van der Waals surface area contributed by atoms with E-state index in [1.165, 1.54) is 0 Å². The molecule has 16 heavy (non-hydrogen) atoms. The van der Waals surface area contributed by atoms with Gasteiger partial charge in [0.1, 0.15) is 5.75 Å². The first-order valence-corrected chi connectivity index (χ1v) is 5.38. The number of nitrogens with one attached hydrogen (secondary N) is 1. The van der Waals surface area contributed by atoms with Crippen molar-refractivity contribution in [2.24, 2.45) is 0 Å². The quantitative estimate of drug-likeness (QED) is 0.633. The van der Waals surface area contributed by atoms with Crippen LogP contribution in [-0.4, -0.2) is 36.6 Å². The second kappa shape index (κ2) is 7.22. The van der Waals surface area contributed by atoms with Gasteiger partial charge in [0.15, 0.2) is 0 Å². The van der Waals surface area contributed by atoms with Crippen molar-refractivity contribution in [3.05, 3.63) is 29.8 Å². The summed E-state index contributed by atoms with van der Waals surface area (Å²) in [6, 6.07) is 7.69. The van der Waals surface area contributed by atoms with Crippen LogP contribution in [0.4, 0.5) is 0 Å². The Morgan fingerprint density at radius 2 is 2.19 bits per heavy atom. The Balaban J connectivity index is 2.46. The minimum Gasteiger partial charge on any atom is -0.497 e. The fourth-order valence-electron chi connectivity index (χ4n) is 1.46. The van der Waals surface area contributed by atoms with Crippen LogP contribution in [-0.2, 0) is 6.54 Å². The Hall–Kier alpha value is -1.10. The van der Waals surface area contributed by atoms with Gasteiger partial charge in [-0.25, -0.2) is 0 Å². The molecule has 0 amide bonds. The van der Waals surface area contributed by atoms with Gasteiger partial charge in [-0.05, 0) is 24.1 Å². The van der Waals surface area contributed by atoms with Crippen LogP contribution in [0.15, 0.2) is 24.3 Å². The van der Waals surface area contributed by atoms with E-state index in [0.29, 0.717) is 13.0 Å². The Labute approximate surface area is 95.9 Å². The van der Waals surface area contributed by atoms with Crippen LogP contribution in [0.25, 0.3) is 0 Å². The summed E-state index contributed by atoms with van der Waals surface area (Å²) in [6.45, 7) is 0.767. The summed E-state index contributed by atoms with van der Waals surface area (Å²) in [6.07, 6.45) is 0.556. The maximum atomic E-state index is 9.04. The highest BCUT2D eigenvalue weighted by Gasteiger charge is 2.05. The molecule has 0 spiro atoms. The molecule has 1 aromatic carbocycles. The van der Waals surface area contributed by atoms with E-state index in [9.17, 15) is 0 Å². The molecular weight excluding hydrogens is 206 g/mol. The average molecular weight is 225 g/mol. The molecule has 1 rings (SSSR count). The van der Waals surface area contributed by atoms with Crippen LogP contribution in [0.1, 0.15) is 12.0 Å². The zero-order chi connectivity index (χ0) is 11.8. The maximum Gasteiger partial charge on any atom is 0.119 e. The van der Waals surface area contributed by atoms with Gasteiger partial charge in [0.2, 0.25) is 0 Å². The molecule has 0 aliphatic rings. The van der Waals surface area contributed by atoms with Gasteiger partial charge in [-0.15, -0.1) is 0 Å². The topological polar surface area (TPSA) is 61.7 Å². The molecule has 0 aromatic heterocycles. The van der Waals surface area contributed by atoms with Crippen molar-refractivity contribution in [1.82, 2.24) is 5.32 Å². The highest BCUT2D eigenvalue weighted by Crippen LogP contribution is 2.12. The molecule has 0 heterocycles. The van der Waals surface area contributed by atoms with Crippen molar-refractivity contribution in [2.75, 3.05) is 20.3 Å². The zero-order valence-corrected chi connectivity index (χ0v) is 9.52. The minimum atomic E-state index is -0.0591. The molecule has 4 nitrogen and oxygen atoms in total. The van der Waals surface area contributed by atoms with Crippen molar-refractivity contribution in [1.29, 1.82) is 0 Å². The first kappa shape index (κ1) is 13.0. The predicted molar refractivity (Wildman–Crippen MR) is 62.4 cm³/mol. The van der Waals surface area contributed by atoms with Crippen molar-refractivity contribution in [2.45, 2.75) is 19.0 Å². The van der Waals surface area contributed by atoms with Gasteiger partial charge in [0.25, 0.3) is 0 Å². The number of aliphatic hydroxyl groups excluding tert-OH is 2. The molecular formula is C12H19NO3. The van der Waals surface area contributed by atoms with Crippen LogP contribution >= 0.6 is 0 Å². The first-order chi connectivity index (χ1) is 7.80. The van der Waals surface area contributed by atoms with Crippen LogP contribution in [0.2, 0.25) is 0 Å². The van der Waals surface area contributed by atoms with E-state index in [-0.39, 0.29) is 19.3 Å².